The van der Waals surface area contributed by atoms with E-state index >= 15 is 0 Å². The fraction of sp³-hybridized carbons (Fsp3) is 0.636. The van der Waals surface area contributed by atoms with Crippen molar-refractivity contribution < 1.29 is 17.9 Å². The number of aromatic amines is 1. The molecule has 108 valence electrons. The van der Waals surface area contributed by atoms with Gasteiger partial charge in [-0.3, -0.25) is 5.10 Å². The number of carbonyl (C=O) groups excluding carboxylic acids is 1. The summed E-state index contributed by atoms with van der Waals surface area (Å²) < 4.78 is 27.8. The van der Waals surface area contributed by atoms with Gasteiger partial charge < -0.3 is 4.74 Å². The molecule has 1 atom stereocenters. The average molecular weight is 289 g/mol. The molecule has 0 aliphatic rings. The van der Waals surface area contributed by atoms with Gasteiger partial charge in [0.15, 0.2) is 5.69 Å². The fourth-order valence-corrected chi connectivity index (χ4v) is 2.64. The fourth-order valence-electron chi connectivity index (χ4n) is 1.77. The Bertz CT molecular complexity index is 550. The molecule has 1 heterocycles. The van der Waals surface area contributed by atoms with E-state index in [1.807, 2.05) is 13.8 Å². The van der Waals surface area contributed by atoms with Crippen LogP contribution in [0.15, 0.2) is 4.90 Å². The number of nitrogens with zero attached hydrogens (tertiary/aromatic N) is 1. The number of hydrogen-bond acceptors (Lipinski definition) is 5. The quantitative estimate of drug-likeness (QED) is 0.757. The first kappa shape index (κ1) is 15.6. The summed E-state index contributed by atoms with van der Waals surface area (Å²) in [5.41, 5.74) is -0.0697. The molecule has 0 aliphatic carbocycles. The van der Waals surface area contributed by atoms with Crippen molar-refractivity contribution in [3.63, 3.8) is 0 Å². The molecule has 0 bridgehead atoms. The van der Waals surface area contributed by atoms with Crippen molar-refractivity contribution in [1.82, 2.24) is 10.2 Å². The SMILES string of the molecule is CCCC(C)COC(=O)c1n[nH]c(C)c1S(N)(=O)=O. The molecule has 0 spiro atoms. The van der Waals surface area contributed by atoms with E-state index in [0.717, 1.165) is 12.8 Å². The molecular formula is C11H19N3O4S. The number of ether oxygens (including phenoxy) is 1. The zero-order chi connectivity index (χ0) is 14.6. The van der Waals surface area contributed by atoms with Gasteiger partial charge in [0.2, 0.25) is 10.0 Å². The van der Waals surface area contributed by atoms with Gasteiger partial charge in [0.05, 0.1) is 12.3 Å². The van der Waals surface area contributed by atoms with Gasteiger partial charge in [-0.2, -0.15) is 5.10 Å². The highest BCUT2D eigenvalue weighted by Gasteiger charge is 2.26. The van der Waals surface area contributed by atoms with Crippen LogP contribution in [0.1, 0.15) is 42.9 Å². The summed E-state index contributed by atoms with van der Waals surface area (Å²) >= 11 is 0. The Balaban J connectivity index is 2.84. The minimum absolute atomic E-state index is 0.215. The lowest BCUT2D eigenvalue weighted by Crippen LogP contribution is -2.19. The Morgan fingerprint density at radius 1 is 1.53 bits per heavy atom. The number of sulfonamides is 1. The van der Waals surface area contributed by atoms with Crippen LogP contribution in [0.5, 0.6) is 0 Å². The predicted molar refractivity (Wildman–Crippen MR) is 69.1 cm³/mol. The normalized spacial score (nSPS) is 13.3. The van der Waals surface area contributed by atoms with Crippen LogP contribution in [0.3, 0.4) is 0 Å². The number of nitrogens with two attached hydrogens (primary N) is 1. The van der Waals surface area contributed by atoms with E-state index in [4.69, 9.17) is 9.88 Å². The molecule has 0 aromatic carbocycles. The minimum Gasteiger partial charge on any atom is -0.461 e. The van der Waals surface area contributed by atoms with Gasteiger partial charge in [-0.1, -0.05) is 20.3 Å². The first-order chi connectivity index (χ1) is 8.77. The van der Waals surface area contributed by atoms with Gasteiger partial charge in [0.1, 0.15) is 4.90 Å². The van der Waals surface area contributed by atoms with Crippen LogP contribution < -0.4 is 5.14 Å². The largest absolute Gasteiger partial charge is 0.461 e. The molecule has 7 nitrogen and oxygen atoms in total. The molecule has 1 aromatic heterocycles. The van der Waals surface area contributed by atoms with E-state index in [1.54, 1.807) is 0 Å². The zero-order valence-corrected chi connectivity index (χ0v) is 12.1. The smallest absolute Gasteiger partial charge is 0.360 e. The van der Waals surface area contributed by atoms with E-state index in [9.17, 15) is 13.2 Å². The predicted octanol–water partition coefficient (Wildman–Crippen LogP) is 0.959. The van der Waals surface area contributed by atoms with Crippen LogP contribution in [0.2, 0.25) is 0 Å². The number of carbonyl (C=O) groups is 1. The third-order valence-corrected chi connectivity index (χ3v) is 3.72. The first-order valence-electron chi connectivity index (χ1n) is 6.02. The monoisotopic (exact) mass is 289 g/mol. The van der Waals surface area contributed by atoms with Crippen molar-refractivity contribution in [2.45, 2.75) is 38.5 Å². The number of nitrogens with one attached hydrogen (secondary N) is 1. The molecule has 1 unspecified atom stereocenters. The number of H-pyrrole nitrogens is 1. The van der Waals surface area contributed by atoms with Crippen molar-refractivity contribution in [1.29, 1.82) is 0 Å². The van der Waals surface area contributed by atoms with Crippen molar-refractivity contribution in [2.24, 2.45) is 11.1 Å². The Labute approximate surface area is 112 Å². The van der Waals surface area contributed by atoms with Crippen molar-refractivity contribution >= 4 is 16.0 Å². The topological polar surface area (TPSA) is 115 Å². The van der Waals surface area contributed by atoms with Crippen LogP contribution in [0.4, 0.5) is 0 Å². The van der Waals surface area contributed by atoms with Crippen LogP contribution in [-0.4, -0.2) is 31.2 Å². The zero-order valence-electron chi connectivity index (χ0n) is 11.3. The van der Waals surface area contributed by atoms with Crippen molar-refractivity contribution in [3.05, 3.63) is 11.4 Å². The molecule has 1 rings (SSSR count). The van der Waals surface area contributed by atoms with Crippen LogP contribution in [-0.2, 0) is 14.8 Å². The molecule has 0 amide bonds. The van der Waals surface area contributed by atoms with Crippen molar-refractivity contribution in [2.75, 3.05) is 6.61 Å². The highest BCUT2D eigenvalue weighted by atomic mass is 32.2. The maximum Gasteiger partial charge on any atom is 0.360 e. The lowest BCUT2D eigenvalue weighted by atomic mass is 10.1. The molecule has 19 heavy (non-hydrogen) atoms. The Morgan fingerprint density at radius 3 is 2.68 bits per heavy atom. The van der Waals surface area contributed by atoms with Gasteiger partial charge in [0.25, 0.3) is 0 Å². The molecule has 0 radical (unpaired) electrons. The second-order valence-electron chi connectivity index (χ2n) is 4.56. The lowest BCUT2D eigenvalue weighted by molar-refractivity contribution is 0.0432. The number of aryl methyl sites for hydroxylation is 1. The summed E-state index contributed by atoms with van der Waals surface area (Å²) in [4.78, 5) is 11.5. The van der Waals surface area contributed by atoms with Gasteiger partial charge in [-0.25, -0.2) is 18.4 Å². The summed E-state index contributed by atoms with van der Waals surface area (Å²) in [6.07, 6.45) is 1.91. The molecule has 0 fully saturated rings. The molecule has 0 saturated carbocycles. The molecular weight excluding hydrogens is 270 g/mol. The van der Waals surface area contributed by atoms with Crippen LogP contribution in [0.25, 0.3) is 0 Å². The third kappa shape index (κ3) is 4.03. The maximum atomic E-state index is 11.8. The summed E-state index contributed by atoms with van der Waals surface area (Å²) in [5, 5.41) is 11.1. The van der Waals surface area contributed by atoms with E-state index in [-0.39, 0.29) is 28.8 Å². The van der Waals surface area contributed by atoms with E-state index in [0.29, 0.717) is 0 Å². The second-order valence-corrected chi connectivity index (χ2v) is 6.06. The average Bonchev–Trinajstić information content (AvgIpc) is 2.68. The maximum absolute atomic E-state index is 11.8. The molecule has 8 heteroatoms. The summed E-state index contributed by atoms with van der Waals surface area (Å²) in [5.74, 6) is -0.566. The van der Waals surface area contributed by atoms with Crippen LogP contribution in [0, 0.1) is 12.8 Å². The number of rotatable bonds is 6. The van der Waals surface area contributed by atoms with Gasteiger partial charge >= 0.3 is 5.97 Å². The van der Waals surface area contributed by atoms with E-state index in [1.165, 1.54) is 6.92 Å². The van der Waals surface area contributed by atoms with Gasteiger partial charge in [0, 0.05) is 0 Å². The lowest BCUT2D eigenvalue weighted by Gasteiger charge is -2.10. The summed E-state index contributed by atoms with van der Waals surface area (Å²) in [6.45, 7) is 5.69. The molecule has 0 aliphatic heterocycles. The van der Waals surface area contributed by atoms with Crippen molar-refractivity contribution in [3.8, 4) is 0 Å². The second kappa shape index (κ2) is 6.16. The summed E-state index contributed by atoms with van der Waals surface area (Å²) in [7, 11) is -4.01. The number of primary sulfonamides is 1. The highest BCUT2D eigenvalue weighted by Crippen LogP contribution is 2.17. The molecule has 0 saturated heterocycles. The number of aromatic nitrogens is 2. The first-order valence-corrected chi connectivity index (χ1v) is 7.56. The van der Waals surface area contributed by atoms with Gasteiger partial charge in [-0.05, 0) is 19.3 Å². The molecule has 1 aromatic rings. The van der Waals surface area contributed by atoms with Crippen LogP contribution >= 0.6 is 0 Å². The Hall–Kier alpha value is -1.41. The Kier molecular flexibility index (Phi) is 5.07. The molecule has 3 N–H and O–H groups in total. The number of hydrogen-bond donors (Lipinski definition) is 2. The third-order valence-electron chi connectivity index (χ3n) is 2.65. The van der Waals surface area contributed by atoms with Gasteiger partial charge in [-0.15, -0.1) is 0 Å². The minimum atomic E-state index is -4.01. The number of esters is 1. The highest BCUT2D eigenvalue weighted by molar-refractivity contribution is 7.89. The summed E-state index contributed by atoms with van der Waals surface area (Å²) in [6, 6.07) is 0. The van der Waals surface area contributed by atoms with E-state index < -0.39 is 16.0 Å². The standard InChI is InChI=1S/C11H19N3O4S/c1-4-5-7(2)6-18-11(15)9-10(19(12,16)17)8(3)13-14-9/h7H,4-6H2,1-3H3,(H,13,14)(H2,12,16,17). The Morgan fingerprint density at radius 2 is 2.16 bits per heavy atom. The van der Waals surface area contributed by atoms with E-state index in [2.05, 4.69) is 10.2 Å².